The Bertz CT molecular complexity index is 633. The molecule has 110 valence electrons. The lowest BCUT2D eigenvalue weighted by atomic mass is 10.1. The zero-order chi connectivity index (χ0) is 15.0. The minimum Gasteiger partial charge on any atom is -0.482 e. The third-order valence-corrected chi connectivity index (χ3v) is 4.30. The quantitative estimate of drug-likeness (QED) is 0.831. The second-order valence-electron chi connectivity index (χ2n) is 4.68. The van der Waals surface area contributed by atoms with Crippen LogP contribution in [-0.4, -0.2) is 52.1 Å². The van der Waals surface area contributed by atoms with Gasteiger partial charge in [-0.2, -0.15) is 0 Å². The van der Waals surface area contributed by atoms with Crippen LogP contribution < -0.4 is 10.1 Å². The highest BCUT2D eigenvalue weighted by Crippen LogP contribution is 2.30. The fraction of sp³-hybridized carbons (Fsp3) is 0.308. The van der Waals surface area contributed by atoms with E-state index in [0.717, 1.165) is 0 Å². The number of carbonyl (C=O) groups excluding carboxylic acids is 2. The number of carboxylic acid groups (broad SMARTS) is 1. The van der Waals surface area contributed by atoms with E-state index in [4.69, 9.17) is 9.84 Å². The molecule has 2 amide bonds. The Morgan fingerprint density at radius 2 is 2.24 bits per heavy atom. The molecule has 7 nitrogen and oxygen atoms in total. The molecule has 21 heavy (non-hydrogen) atoms. The monoisotopic (exact) mass is 308 g/mol. The van der Waals surface area contributed by atoms with Crippen molar-refractivity contribution in [2.24, 2.45) is 0 Å². The standard InChI is InChI=1S/C13H12N2O5S/c16-11-4-20-10-3-7(1-2-8(10)14-11)12(17)15-6-21-5-9(15)13(18)19/h1-3,9H,4-6H2,(H,14,16)(H,18,19)/t9-/m0/s1. The molecule has 0 spiro atoms. The first-order chi connectivity index (χ1) is 10.1. The average molecular weight is 308 g/mol. The summed E-state index contributed by atoms with van der Waals surface area (Å²) in [6.07, 6.45) is 0. The first-order valence-corrected chi connectivity index (χ1v) is 7.40. The number of rotatable bonds is 2. The van der Waals surface area contributed by atoms with Gasteiger partial charge in [-0.25, -0.2) is 4.79 Å². The summed E-state index contributed by atoms with van der Waals surface area (Å²) in [5, 5.41) is 11.8. The highest BCUT2D eigenvalue weighted by atomic mass is 32.2. The van der Waals surface area contributed by atoms with Crippen molar-refractivity contribution in [3.63, 3.8) is 0 Å². The summed E-state index contributed by atoms with van der Waals surface area (Å²) < 4.78 is 5.26. The van der Waals surface area contributed by atoms with Gasteiger partial charge in [0.25, 0.3) is 11.8 Å². The van der Waals surface area contributed by atoms with Crippen molar-refractivity contribution in [1.29, 1.82) is 0 Å². The SMILES string of the molecule is O=C1COc2cc(C(=O)N3CSC[C@H]3C(=O)O)ccc2N1. The van der Waals surface area contributed by atoms with Gasteiger partial charge in [-0.3, -0.25) is 9.59 Å². The number of carbonyl (C=O) groups is 3. The number of benzene rings is 1. The van der Waals surface area contributed by atoms with Crippen molar-refractivity contribution in [3.8, 4) is 5.75 Å². The lowest BCUT2D eigenvalue weighted by molar-refractivity contribution is -0.140. The summed E-state index contributed by atoms with van der Waals surface area (Å²) in [7, 11) is 0. The number of amides is 2. The predicted octanol–water partition coefficient (Wildman–Crippen LogP) is 0.617. The van der Waals surface area contributed by atoms with Gasteiger partial charge in [-0.05, 0) is 18.2 Å². The predicted molar refractivity (Wildman–Crippen MR) is 75.5 cm³/mol. The molecule has 1 saturated heterocycles. The van der Waals surface area contributed by atoms with Gasteiger partial charge in [0.05, 0.1) is 11.6 Å². The average Bonchev–Trinajstić information content (AvgIpc) is 2.95. The molecule has 2 N–H and O–H groups in total. The maximum absolute atomic E-state index is 12.4. The van der Waals surface area contributed by atoms with E-state index in [2.05, 4.69) is 5.32 Å². The van der Waals surface area contributed by atoms with Gasteiger partial charge in [0, 0.05) is 11.3 Å². The lowest BCUT2D eigenvalue weighted by Gasteiger charge is -2.22. The molecule has 0 radical (unpaired) electrons. The number of nitrogens with one attached hydrogen (secondary N) is 1. The molecule has 1 aromatic carbocycles. The zero-order valence-electron chi connectivity index (χ0n) is 10.9. The largest absolute Gasteiger partial charge is 0.482 e. The number of carboxylic acids is 1. The molecule has 8 heteroatoms. The number of anilines is 1. The molecule has 1 atom stereocenters. The van der Waals surface area contributed by atoms with Crippen LogP contribution in [0.25, 0.3) is 0 Å². The van der Waals surface area contributed by atoms with Crippen LogP contribution >= 0.6 is 11.8 Å². The van der Waals surface area contributed by atoms with Gasteiger partial charge in [0.15, 0.2) is 6.61 Å². The summed E-state index contributed by atoms with van der Waals surface area (Å²) in [4.78, 5) is 36.1. The Hall–Kier alpha value is -2.22. The number of fused-ring (bicyclic) bond motifs is 1. The highest BCUT2D eigenvalue weighted by molar-refractivity contribution is 7.99. The van der Waals surface area contributed by atoms with Gasteiger partial charge in [0.1, 0.15) is 11.8 Å². The van der Waals surface area contributed by atoms with Crippen LogP contribution in [0.5, 0.6) is 5.75 Å². The smallest absolute Gasteiger partial charge is 0.327 e. The van der Waals surface area contributed by atoms with E-state index < -0.39 is 12.0 Å². The molecule has 2 aliphatic rings. The molecule has 0 aliphatic carbocycles. The summed E-state index contributed by atoms with van der Waals surface area (Å²) in [6.45, 7) is -0.0953. The maximum Gasteiger partial charge on any atom is 0.327 e. The summed E-state index contributed by atoms with van der Waals surface area (Å²) in [6, 6.07) is 3.86. The Kier molecular flexibility index (Phi) is 3.46. The second kappa shape index (κ2) is 5.28. The molecule has 0 saturated carbocycles. The van der Waals surface area contributed by atoms with E-state index in [9.17, 15) is 14.4 Å². The van der Waals surface area contributed by atoms with E-state index in [1.165, 1.54) is 22.7 Å². The van der Waals surface area contributed by atoms with Crippen LogP contribution in [0.1, 0.15) is 10.4 Å². The van der Waals surface area contributed by atoms with Crippen molar-refractivity contribution in [3.05, 3.63) is 23.8 Å². The highest BCUT2D eigenvalue weighted by Gasteiger charge is 2.35. The Labute approximate surface area is 124 Å². The lowest BCUT2D eigenvalue weighted by Crippen LogP contribution is -2.41. The van der Waals surface area contributed by atoms with E-state index in [1.54, 1.807) is 12.1 Å². The van der Waals surface area contributed by atoms with Crippen molar-refractivity contribution >= 4 is 35.2 Å². The van der Waals surface area contributed by atoms with Gasteiger partial charge in [0.2, 0.25) is 0 Å². The van der Waals surface area contributed by atoms with Crippen LogP contribution in [0.3, 0.4) is 0 Å². The number of thioether (sulfide) groups is 1. The molecular weight excluding hydrogens is 296 g/mol. The first-order valence-electron chi connectivity index (χ1n) is 6.24. The third-order valence-electron chi connectivity index (χ3n) is 3.29. The van der Waals surface area contributed by atoms with Gasteiger partial charge >= 0.3 is 5.97 Å². The molecule has 1 fully saturated rings. The Morgan fingerprint density at radius 3 is 3.00 bits per heavy atom. The molecule has 3 rings (SSSR count). The number of aliphatic carboxylic acids is 1. The van der Waals surface area contributed by atoms with Crippen LogP contribution in [0.4, 0.5) is 5.69 Å². The molecule has 1 aromatic rings. The van der Waals surface area contributed by atoms with Crippen molar-refractivity contribution in [2.75, 3.05) is 23.6 Å². The van der Waals surface area contributed by atoms with Crippen LogP contribution in [0.2, 0.25) is 0 Å². The summed E-state index contributed by atoms with van der Waals surface area (Å²) in [5.74, 6) is -0.448. The summed E-state index contributed by atoms with van der Waals surface area (Å²) >= 11 is 1.41. The van der Waals surface area contributed by atoms with Crippen molar-refractivity contribution < 1.29 is 24.2 Å². The van der Waals surface area contributed by atoms with E-state index in [0.29, 0.717) is 28.6 Å². The zero-order valence-corrected chi connectivity index (χ0v) is 11.7. The maximum atomic E-state index is 12.4. The fourth-order valence-electron chi connectivity index (χ4n) is 2.22. The number of hydrogen-bond acceptors (Lipinski definition) is 5. The molecule has 2 heterocycles. The minimum absolute atomic E-state index is 0.0953. The minimum atomic E-state index is -1.00. The topological polar surface area (TPSA) is 95.9 Å². The van der Waals surface area contributed by atoms with Crippen LogP contribution in [-0.2, 0) is 9.59 Å². The van der Waals surface area contributed by atoms with Gasteiger partial charge in [-0.15, -0.1) is 11.8 Å². The molecule has 0 bridgehead atoms. The normalized spacial score (nSPS) is 20.5. The second-order valence-corrected chi connectivity index (χ2v) is 5.68. The number of nitrogens with zero attached hydrogens (tertiary/aromatic N) is 1. The van der Waals surface area contributed by atoms with Gasteiger partial charge in [-0.1, -0.05) is 0 Å². The van der Waals surface area contributed by atoms with E-state index in [1.807, 2.05) is 0 Å². The van der Waals surface area contributed by atoms with E-state index in [-0.39, 0.29) is 18.4 Å². The van der Waals surface area contributed by atoms with Crippen LogP contribution in [0, 0.1) is 0 Å². The fourth-order valence-corrected chi connectivity index (χ4v) is 3.37. The molecular formula is C13H12N2O5S. The molecule has 0 aromatic heterocycles. The number of ether oxygens (including phenoxy) is 1. The molecule has 0 unspecified atom stereocenters. The first kappa shape index (κ1) is 13.7. The van der Waals surface area contributed by atoms with Gasteiger partial charge < -0.3 is 20.1 Å². The van der Waals surface area contributed by atoms with Crippen LogP contribution in [0.15, 0.2) is 18.2 Å². The van der Waals surface area contributed by atoms with Crippen molar-refractivity contribution in [1.82, 2.24) is 4.90 Å². The molecule has 2 aliphatic heterocycles. The number of hydrogen-bond donors (Lipinski definition) is 2. The third kappa shape index (κ3) is 2.54. The Balaban J connectivity index is 1.85. The van der Waals surface area contributed by atoms with Crippen molar-refractivity contribution in [2.45, 2.75) is 6.04 Å². The Morgan fingerprint density at radius 1 is 1.43 bits per heavy atom. The summed E-state index contributed by atoms with van der Waals surface area (Å²) in [5.41, 5.74) is 0.854. The van der Waals surface area contributed by atoms with E-state index >= 15 is 0 Å².